The second kappa shape index (κ2) is 4.73. The van der Waals surface area contributed by atoms with Crippen molar-refractivity contribution in [3.05, 3.63) is 52.9 Å². The summed E-state index contributed by atoms with van der Waals surface area (Å²) >= 11 is 5.92. The average Bonchev–Trinajstić information content (AvgIpc) is 2.85. The Morgan fingerprint density at radius 3 is 2.82 bits per heavy atom. The van der Waals surface area contributed by atoms with Crippen molar-refractivity contribution in [1.29, 1.82) is 5.26 Å². The highest BCUT2D eigenvalue weighted by Gasteiger charge is 2.10. The number of nitrogens with zero attached hydrogens (tertiary/aromatic N) is 1. The maximum Gasteiger partial charge on any atom is 0.291 e. The van der Waals surface area contributed by atoms with Crippen molar-refractivity contribution in [2.45, 2.75) is 0 Å². The van der Waals surface area contributed by atoms with Gasteiger partial charge < -0.3 is 9.73 Å². The quantitative estimate of drug-likeness (QED) is 0.886. The molecule has 0 aliphatic heterocycles. The minimum atomic E-state index is -0.387. The molecule has 1 aromatic carbocycles. The molecule has 1 heterocycles. The van der Waals surface area contributed by atoms with Crippen LogP contribution in [0, 0.1) is 11.3 Å². The van der Waals surface area contributed by atoms with E-state index in [0.29, 0.717) is 16.3 Å². The Labute approximate surface area is 102 Å². The number of nitrogens with one attached hydrogen (secondary N) is 1. The van der Waals surface area contributed by atoms with Crippen molar-refractivity contribution in [3.63, 3.8) is 0 Å². The van der Waals surface area contributed by atoms with Crippen LogP contribution >= 0.6 is 11.6 Å². The number of hydrogen-bond acceptors (Lipinski definition) is 3. The third kappa shape index (κ3) is 2.47. The molecule has 0 fully saturated rings. The molecule has 1 aromatic heterocycles. The molecule has 0 spiro atoms. The molecule has 0 aliphatic carbocycles. The third-order valence-corrected chi connectivity index (χ3v) is 2.40. The third-order valence-electron chi connectivity index (χ3n) is 2.09. The minimum absolute atomic E-state index is 0.199. The first-order valence-electron chi connectivity index (χ1n) is 4.75. The standard InChI is InChI=1S/C12H7ClN2O2/c13-9-6-8(7-14)3-4-10(9)15-12(16)11-2-1-5-17-11/h1-6H,(H,15,16). The molecule has 0 radical (unpaired) electrons. The van der Waals surface area contributed by atoms with E-state index in [1.54, 1.807) is 24.3 Å². The molecule has 0 bridgehead atoms. The fraction of sp³-hybridized carbons (Fsp3) is 0. The van der Waals surface area contributed by atoms with Crippen molar-refractivity contribution in [3.8, 4) is 6.07 Å². The van der Waals surface area contributed by atoms with E-state index in [0.717, 1.165) is 0 Å². The van der Waals surface area contributed by atoms with Gasteiger partial charge in [0.05, 0.1) is 28.6 Å². The summed E-state index contributed by atoms with van der Waals surface area (Å²) in [4.78, 5) is 11.7. The predicted octanol–water partition coefficient (Wildman–Crippen LogP) is 3.06. The van der Waals surface area contributed by atoms with Crippen LogP contribution in [0.25, 0.3) is 0 Å². The Balaban J connectivity index is 2.20. The summed E-state index contributed by atoms with van der Waals surface area (Å²) in [6, 6.07) is 9.76. The molecule has 4 nitrogen and oxygen atoms in total. The van der Waals surface area contributed by atoms with Crippen LogP contribution < -0.4 is 5.32 Å². The SMILES string of the molecule is N#Cc1ccc(NC(=O)c2ccco2)c(Cl)c1. The van der Waals surface area contributed by atoms with Crippen LogP contribution in [0.4, 0.5) is 5.69 Å². The van der Waals surface area contributed by atoms with Crippen molar-refractivity contribution < 1.29 is 9.21 Å². The van der Waals surface area contributed by atoms with E-state index in [1.165, 1.54) is 12.3 Å². The van der Waals surface area contributed by atoms with Gasteiger partial charge in [0.1, 0.15) is 0 Å². The summed E-state index contributed by atoms with van der Waals surface area (Å²) in [5, 5.41) is 11.6. The van der Waals surface area contributed by atoms with Gasteiger partial charge in [-0.25, -0.2) is 0 Å². The summed E-state index contributed by atoms with van der Waals surface area (Å²) in [7, 11) is 0. The van der Waals surface area contributed by atoms with Crippen molar-refractivity contribution in [2.75, 3.05) is 5.32 Å². The Bertz CT molecular complexity index is 585. The summed E-state index contributed by atoms with van der Waals surface area (Å²) in [6.45, 7) is 0. The number of nitriles is 1. The van der Waals surface area contributed by atoms with Gasteiger partial charge in [-0.15, -0.1) is 0 Å². The van der Waals surface area contributed by atoms with E-state index in [1.807, 2.05) is 6.07 Å². The summed E-state index contributed by atoms with van der Waals surface area (Å²) in [5.41, 5.74) is 0.873. The molecule has 2 aromatic rings. The first-order valence-corrected chi connectivity index (χ1v) is 5.13. The number of hydrogen-bond donors (Lipinski definition) is 1. The van der Waals surface area contributed by atoms with Crippen LogP contribution in [0.2, 0.25) is 5.02 Å². The molecule has 0 atom stereocenters. The van der Waals surface area contributed by atoms with E-state index >= 15 is 0 Å². The Morgan fingerprint density at radius 2 is 2.24 bits per heavy atom. The van der Waals surface area contributed by atoms with Gasteiger partial charge in [-0.1, -0.05) is 11.6 Å². The number of rotatable bonds is 2. The second-order valence-electron chi connectivity index (χ2n) is 3.24. The first-order chi connectivity index (χ1) is 8.20. The minimum Gasteiger partial charge on any atom is -0.459 e. The zero-order chi connectivity index (χ0) is 12.3. The van der Waals surface area contributed by atoms with Gasteiger partial charge in [-0.2, -0.15) is 5.26 Å². The lowest BCUT2D eigenvalue weighted by molar-refractivity contribution is 0.0996. The normalized spacial score (nSPS) is 9.65. The lowest BCUT2D eigenvalue weighted by atomic mass is 10.2. The maximum absolute atomic E-state index is 11.7. The molecule has 1 N–H and O–H groups in total. The fourth-order valence-corrected chi connectivity index (χ4v) is 1.51. The van der Waals surface area contributed by atoms with Crippen LogP contribution in [-0.4, -0.2) is 5.91 Å². The van der Waals surface area contributed by atoms with Crippen LogP contribution in [0.3, 0.4) is 0 Å². The topological polar surface area (TPSA) is 66.0 Å². The molecule has 1 amide bonds. The van der Waals surface area contributed by atoms with Crippen LogP contribution in [0.15, 0.2) is 41.0 Å². The molecular weight excluding hydrogens is 240 g/mol. The second-order valence-corrected chi connectivity index (χ2v) is 3.65. The monoisotopic (exact) mass is 246 g/mol. The lowest BCUT2D eigenvalue weighted by Crippen LogP contribution is -2.11. The van der Waals surface area contributed by atoms with Gasteiger partial charge in [-0.05, 0) is 30.3 Å². The average molecular weight is 247 g/mol. The molecule has 0 aliphatic rings. The number of anilines is 1. The van der Waals surface area contributed by atoms with Gasteiger partial charge in [-0.3, -0.25) is 4.79 Å². The summed E-state index contributed by atoms with van der Waals surface area (Å²) in [6.07, 6.45) is 1.41. The molecular formula is C12H7ClN2O2. The van der Waals surface area contributed by atoms with Crippen molar-refractivity contribution in [2.24, 2.45) is 0 Å². The predicted molar refractivity (Wildman–Crippen MR) is 62.8 cm³/mol. The van der Waals surface area contributed by atoms with Gasteiger partial charge in [0.15, 0.2) is 5.76 Å². The fourth-order valence-electron chi connectivity index (χ4n) is 1.28. The zero-order valence-corrected chi connectivity index (χ0v) is 9.36. The van der Waals surface area contributed by atoms with E-state index in [4.69, 9.17) is 21.3 Å². The van der Waals surface area contributed by atoms with Gasteiger partial charge in [0.25, 0.3) is 5.91 Å². The molecule has 84 valence electrons. The van der Waals surface area contributed by atoms with Crippen molar-refractivity contribution >= 4 is 23.2 Å². The molecule has 5 heteroatoms. The number of amides is 1. The lowest BCUT2D eigenvalue weighted by Gasteiger charge is -2.05. The molecule has 0 saturated heterocycles. The summed E-state index contributed by atoms with van der Waals surface area (Å²) < 4.78 is 4.94. The van der Waals surface area contributed by atoms with Gasteiger partial charge in [0, 0.05) is 0 Å². The highest BCUT2D eigenvalue weighted by molar-refractivity contribution is 6.34. The highest BCUT2D eigenvalue weighted by atomic mass is 35.5. The van der Waals surface area contributed by atoms with Crippen molar-refractivity contribution in [1.82, 2.24) is 0 Å². The van der Waals surface area contributed by atoms with E-state index in [2.05, 4.69) is 5.32 Å². The Kier molecular flexibility index (Phi) is 3.12. The van der Waals surface area contributed by atoms with Crippen LogP contribution in [0.5, 0.6) is 0 Å². The van der Waals surface area contributed by atoms with Crippen LogP contribution in [-0.2, 0) is 0 Å². The highest BCUT2D eigenvalue weighted by Crippen LogP contribution is 2.23. The smallest absolute Gasteiger partial charge is 0.291 e. The first kappa shape index (κ1) is 11.2. The van der Waals surface area contributed by atoms with E-state index < -0.39 is 0 Å². The number of benzene rings is 1. The number of carbonyl (C=O) groups is 1. The molecule has 17 heavy (non-hydrogen) atoms. The number of carbonyl (C=O) groups excluding carboxylic acids is 1. The van der Waals surface area contributed by atoms with E-state index in [-0.39, 0.29) is 11.7 Å². The Morgan fingerprint density at radius 1 is 1.41 bits per heavy atom. The number of halogens is 1. The van der Waals surface area contributed by atoms with Gasteiger partial charge in [0.2, 0.25) is 0 Å². The number of furan rings is 1. The maximum atomic E-state index is 11.7. The summed E-state index contributed by atoms with van der Waals surface area (Å²) in [5.74, 6) is -0.188. The molecule has 2 rings (SSSR count). The van der Waals surface area contributed by atoms with E-state index in [9.17, 15) is 4.79 Å². The van der Waals surface area contributed by atoms with Crippen LogP contribution in [0.1, 0.15) is 16.1 Å². The largest absolute Gasteiger partial charge is 0.459 e. The zero-order valence-electron chi connectivity index (χ0n) is 8.61. The molecule has 0 saturated carbocycles. The Hall–Kier alpha value is -2.25. The molecule has 0 unspecified atom stereocenters. The van der Waals surface area contributed by atoms with Gasteiger partial charge >= 0.3 is 0 Å².